The number of rotatable bonds is 0. The Morgan fingerprint density at radius 2 is 1.70 bits per heavy atom. The summed E-state index contributed by atoms with van der Waals surface area (Å²) in [6, 6.07) is 18.2. The van der Waals surface area contributed by atoms with Crippen LogP contribution >= 0.6 is 0 Å². The van der Waals surface area contributed by atoms with Crippen LogP contribution in [-0.2, 0) is 6.42 Å². The molecular weight excluding hydrogens is 244 g/mol. The minimum Gasteiger partial charge on any atom is -0.363 e. The molecule has 2 heteroatoms. The fourth-order valence-corrected chi connectivity index (χ4v) is 3.82. The highest BCUT2D eigenvalue weighted by Gasteiger charge is 2.34. The molecule has 2 aromatic rings. The third-order valence-corrected chi connectivity index (χ3v) is 4.73. The maximum atomic E-state index is 6.49. The Hall–Kier alpha value is -1.80. The summed E-state index contributed by atoms with van der Waals surface area (Å²) < 4.78 is 0. The van der Waals surface area contributed by atoms with Crippen LogP contribution in [0.5, 0.6) is 0 Å². The number of benzene rings is 2. The van der Waals surface area contributed by atoms with Crippen molar-refractivity contribution in [3.63, 3.8) is 0 Å². The van der Waals surface area contributed by atoms with Crippen LogP contribution in [0.25, 0.3) is 0 Å². The summed E-state index contributed by atoms with van der Waals surface area (Å²) in [4.78, 5) is 2.54. The molecule has 2 aliphatic heterocycles. The molecule has 1 saturated heterocycles. The molecule has 2 atom stereocenters. The van der Waals surface area contributed by atoms with E-state index in [0.29, 0.717) is 6.04 Å². The number of nitrogens with zero attached hydrogens (tertiary/aromatic N) is 1. The first kappa shape index (κ1) is 12.0. The summed E-state index contributed by atoms with van der Waals surface area (Å²) in [7, 11) is 0. The van der Waals surface area contributed by atoms with Gasteiger partial charge in [-0.1, -0.05) is 42.5 Å². The minimum absolute atomic E-state index is 0.232. The number of para-hydroxylation sites is 1. The molecule has 102 valence electrons. The Morgan fingerprint density at radius 1 is 0.950 bits per heavy atom. The van der Waals surface area contributed by atoms with Gasteiger partial charge in [-0.15, -0.1) is 0 Å². The molecule has 4 rings (SSSR count). The number of fused-ring (bicyclic) bond motifs is 5. The van der Waals surface area contributed by atoms with Crippen molar-refractivity contribution in [1.82, 2.24) is 0 Å². The first-order chi connectivity index (χ1) is 9.84. The van der Waals surface area contributed by atoms with Crippen LogP contribution in [0.4, 0.5) is 5.69 Å². The van der Waals surface area contributed by atoms with Crippen molar-refractivity contribution in [3.8, 4) is 0 Å². The van der Waals surface area contributed by atoms with E-state index in [4.69, 9.17) is 5.73 Å². The second-order valence-corrected chi connectivity index (χ2v) is 5.95. The molecule has 0 radical (unpaired) electrons. The summed E-state index contributed by atoms with van der Waals surface area (Å²) in [5.41, 5.74) is 12.2. The van der Waals surface area contributed by atoms with Gasteiger partial charge in [0, 0.05) is 18.3 Å². The zero-order chi connectivity index (χ0) is 13.5. The lowest BCUT2D eigenvalue weighted by Gasteiger charge is -2.41. The average molecular weight is 264 g/mol. The lowest BCUT2D eigenvalue weighted by Crippen LogP contribution is -2.46. The average Bonchev–Trinajstić information content (AvgIpc) is 2.62. The van der Waals surface area contributed by atoms with Crippen LogP contribution in [0.1, 0.15) is 35.6 Å². The van der Waals surface area contributed by atoms with Crippen molar-refractivity contribution < 1.29 is 0 Å². The van der Waals surface area contributed by atoms with Gasteiger partial charge in [0.2, 0.25) is 0 Å². The van der Waals surface area contributed by atoms with E-state index in [9.17, 15) is 0 Å². The normalized spacial score (nSPS) is 24.4. The first-order valence-electron chi connectivity index (χ1n) is 7.52. The fraction of sp³-hybridized carbons (Fsp3) is 0.333. The van der Waals surface area contributed by atoms with Gasteiger partial charge in [0.05, 0.1) is 6.04 Å². The number of anilines is 1. The second-order valence-electron chi connectivity index (χ2n) is 5.95. The van der Waals surface area contributed by atoms with Gasteiger partial charge >= 0.3 is 0 Å². The maximum absolute atomic E-state index is 6.49. The lowest BCUT2D eigenvalue weighted by molar-refractivity contribution is 0.410. The molecule has 20 heavy (non-hydrogen) atoms. The van der Waals surface area contributed by atoms with Crippen molar-refractivity contribution in [1.29, 1.82) is 0 Å². The topological polar surface area (TPSA) is 29.3 Å². The molecular formula is C18H20N2. The summed E-state index contributed by atoms with van der Waals surface area (Å²) in [6.45, 7) is 1.11. The highest BCUT2D eigenvalue weighted by molar-refractivity contribution is 5.61. The van der Waals surface area contributed by atoms with Crippen LogP contribution in [0.2, 0.25) is 0 Å². The molecule has 2 aromatic carbocycles. The molecule has 2 aliphatic rings. The van der Waals surface area contributed by atoms with Gasteiger partial charge in [0.1, 0.15) is 0 Å². The maximum Gasteiger partial charge on any atom is 0.0696 e. The standard InChI is InChI=1S/C18H20N2/c19-16-9-5-11-20-17-10-4-2-7-14(17)12-13-6-1-3-8-15(13)18(16)20/h1-4,6-8,10,16,18H,5,9,11-12,19H2. The largest absolute Gasteiger partial charge is 0.363 e. The Bertz CT molecular complexity index is 635. The summed E-state index contributed by atoms with van der Waals surface area (Å²) in [5, 5.41) is 0. The first-order valence-corrected chi connectivity index (χ1v) is 7.52. The van der Waals surface area contributed by atoms with Gasteiger partial charge in [-0.3, -0.25) is 0 Å². The summed E-state index contributed by atoms with van der Waals surface area (Å²) >= 11 is 0. The molecule has 1 fully saturated rings. The van der Waals surface area contributed by atoms with E-state index in [2.05, 4.69) is 53.4 Å². The molecule has 2 unspecified atom stereocenters. The van der Waals surface area contributed by atoms with Crippen molar-refractivity contribution in [3.05, 3.63) is 65.2 Å². The second kappa shape index (κ2) is 4.64. The highest BCUT2D eigenvalue weighted by atomic mass is 15.2. The minimum atomic E-state index is 0.232. The van der Waals surface area contributed by atoms with Gasteiger partial charge in [-0.25, -0.2) is 0 Å². The van der Waals surface area contributed by atoms with Crippen molar-refractivity contribution >= 4 is 5.69 Å². The third-order valence-electron chi connectivity index (χ3n) is 4.73. The SMILES string of the molecule is NC1CCCN2c3ccccc3Cc3ccccc3C12. The van der Waals surface area contributed by atoms with Crippen molar-refractivity contribution in [2.75, 3.05) is 11.4 Å². The molecule has 2 heterocycles. The van der Waals surface area contributed by atoms with Crippen LogP contribution in [0, 0.1) is 0 Å². The van der Waals surface area contributed by atoms with Crippen molar-refractivity contribution in [2.45, 2.75) is 31.3 Å². The predicted molar refractivity (Wildman–Crippen MR) is 83.0 cm³/mol. The Balaban J connectivity index is 1.94. The number of nitrogens with two attached hydrogens (primary N) is 1. The van der Waals surface area contributed by atoms with Crippen molar-refractivity contribution in [2.24, 2.45) is 5.73 Å². The van der Waals surface area contributed by atoms with E-state index in [-0.39, 0.29) is 6.04 Å². The quantitative estimate of drug-likeness (QED) is 0.791. The zero-order valence-electron chi connectivity index (χ0n) is 11.6. The number of hydrogen-bond donors (Lipinski definition) is 1. The van der Waals surface area contributed by atoms with Gasteiger partial charge in [-0.2, -0.15) is 0 Å². The predicted octanol–water partition coefficient (Wildman–Crippen LogP) is 3.26. The molecule has 0 aliphatic carbocycles. The summed E-state index contributed by atoms with van der Waals surface area (Å²) in [6.07, 6.45) is 3.33. The monoisotopic (exact) mass is 264 g/mol. The van der Waals surface area contributed by atoms with Crippen LogP contribution in [0.15, 0.2) is 48.5 Å². The van der Waals surface area contributed by atoms with E-state index in [1.54, 1.807) is 0 Å². The van der Waals surface area contributed by atoms with Crippen LogP contribution < -0.4 is 10.6 Å². The molecule has 2 nitrogen and oxygen atoms in total. The molecule has 2 N–H and O–H groups in total. The van der Waals surface area contributed by atoms with Gasteiger partial charge < -0.3 is 10.6 Å². The lowest BCUT2D eigenvalue weighted by atomic mass is 9.88. The van der Waals surface area contributed by atoms with E-state index < -0.39 is 0 Å². The van der Waals surface area contributed by atoms with Gasteiger partial charge in [0.15, 0.2) is 0 Å². The Morgan fingerprint density at radius 3 is 2.60 bits per heavy atom. The number of hydrogen-bond acceptors (Lipinski definition) is 2. The number of piperidine rings is 1. The molecule has 0 amide bonds. The molecule has 0 spiro atoms. The molecule has 0 bridgehead atoms. The van der Waals surface area contributed by atoms with Crippen LogP contribution in [-0.4, -0.2) is 12.6 Å². The molecule has 0 aromatic heterocycles. The van der Waals surface area contributed by atoms with E-state index in [1.165, 1.54) is 28.8 Å². The zero-order valence-corrected chi connectivity index (χ0v) is 11.6. The van der Waals surface area contributed by atoms with E-state index >= 15 is 0 Å². The Labute approximate surface area is 120 Å². The van der Waals surface area contributed by atoms with Crippen LogP contribution in [0.3, 0.4) is 0 Å². The fourth-order valence-electron chi connectivity index (χ4n) is 3.82. The van der Waals surface area contributed by atoms with Gasteiger partial charge in [-0.05, 0) is 42.0 Å². The molecule has 0 saturated carbocycles. The third kappa shape index (κ3) is 1.75. The van der Waals surface area contributed by atoms with Gasteiger partial charge in [0.25, 0.3) is 0 Å². The smallest absolute Gasteiger partial charge is 0.0696 e. The van der Waals surface area contributed by atoms with E-state index in [0.717, 1.165) is 19.4 Å². The Kier molecular flexibility index (Phi) is 2.78. The van der Waals surface area contributed by atoms with E-state index in [1.807, 2.05) is 0 Å². The highest BCUT2D eigenvalue weighted by Crippen LogP contribution is 2.41. The summed E-state index contributed by atoms with van der Waals surface area (Å²) in [5.74, 6) is 0.